The zero-order chi connectivity index (χ0) is 23.1. The van der Waals surface area contributed by atoms with Gasteiger partial charge in [-0.3, -0.25) is 14.4 Å². The molecular formula is C26H34O5. The summed E-state index contributed by atoms with van der Waals surface area (Å²) in [4.78, 5) is 36.3. The molecule has 0 amide bonds. The van der Waals surface area contributed by atoms with Crippen LogP contribution in [0.3, 0.4) is 0 Å². The van der Waals surface area contributed by atoms with Crippen LogP contribution in [0.2, 0.25) is 0 Å². The molecule has 0 aliphatic heterocycles. The number of hydrogen-bond acceptors (Lipinski definition) is 3. The lowest BCUT2D eigenvalue weighted by molar-refractivity contribution is -0.146. The van der Waals surface area contributed by atoms with E-state index in [2.05, 4.69) is 0 Å². The van der Waals surface area contributed by atoms with Crippen LogP contribution >= 0.6 is 0 Å². The summed E-state index contributed by atoms with van der Waals surface area (Å²) in [5.74, 6) is -1.52. The lowest BCUT2D eigenvalue weighted by atomic mass is 9.70. The first-order valence-electron chi connectivity index (χ1n) is 11.0. The van der Waals surface area contributed by atoms with Gasteiger partial charge in [0, 0.05) is 12.8 Å². The Balaban J connectivity index is 1.89. The van der Waals surface area contributed by atoms with Gasteiger partial charge in [0.1, 0.15) is 5.78 Å². The molecule has 1 aromatic carbocycles. The van der Waals surface area contributed by atoms with Gasteiger partial charge >= 0.3 is 11.9 Å². The molecule has 1 aliphatic carbocycles. The molecule has 168 valence electrons. The molecule has 2 rings (SSSR count). The van der Waals surface area contributed by atoms with Crippen molar-refractivity contribution in [2.75, 3.05) is 0 Å². The van der Waals surface area contributed by atoms with E-state index in [1.54, 1.807) is 26.0 Å². The Morgan fingerprint density at radius 3 is 2.00 bits per heavy atom. The number of ketones is 1. The zero-order valence-electron chi connectivity index (χ0n) is 18.8. The molecule has 31 heavy (non-hydrogen) atoms. The van der Waals surface area contributed by atoms with Gasteiger partial charge in [-0.25, -0.2) is 0 Å². The highest BCUT2D eigenvalue weighted by Gasteiger charge is 2.39. The summed E-state index contributed by atoms with van der Waals surface area (Å²) in [7, 11) is 0. The summed E-state index contributed by atoms with van der Waals surface area (Å²) < 4.78 is 0. The quantitative estimate of drug-likeness (QED) is 0.457. The number of aliphatic carboxylic acids is 2. The normalized spacial score (nSPS) is 19.7. The molecule has 1 aliphatic rings. The first-order chi connectivity index (χ1) is 14.6. The van der Waals surface area contributed by atoms with E-state index < -0.39 is 22.8 Å². The third-order valence-corrected chi connectivity index (χ3v) is 6.69. The smallest absolute Gasteiger partial charge is 0.313 e. The van der Waals surface area contributed by atoms with Crippen LogP contribution in [0.4, 0.5) is 0 Å². The molecule has 0 bridgehead atoms. The fraction of sp³-hybridized carbons (Fsp3) is 0.500. The summed E-state index contributed by atoms with van der Waals surface area (Å²) in [6.45, 7) is 5.48. The number of carbonyl (C=O) groups excluding carboxylic acids is 1. The van der Waals surface area contributed by atoms with E-state index in [1.165, 1.54) is 0 Å². The Kier molecular flexibility index (Phi) is 8.37. The van der Waals surface area contributed by atoms with Gasteiger partial charge < -0.3 is 10.2 Å². The second-order valence-electron chi connectivity index (χ2n) is 9.07. The minimum atomic E-state index is -1.03. The molecule has 0 fully saturated rings. The van der Waals surface area contributed by atoms with E-state index in [0.29, 0.717) is 38.5 Å². The molecule has 5 nitrogen and oxygen atoms in total. The Morgan fingerprint density at radius 2 is 1.48 bits per heavy atom. The Bertz CT molecular complexity index is 854. The fourth-order valence-electron chi connectivity index (χ4n) is 4.43. The Morgan fingerprint density at radius 1 is 0.935 bits per heavy atom. The van der Waals surface area contributed by atoms with Crippen molar-refractivity contribution in [3.8, 4) is 0 Å². The largest absolute Gasteiger partial charge is 0.481 e. The first kappa shape index (κ1) is 24.6. The average molecular weight is 427 g/mol. The maximum atomic E-state index is 12.4. The number of carboxylic acids is 2. The molecule has 0 saturated carbocycles. The molecule has 3 atom stereocenters. The SMILES string of the molecule is CC1CC=CC=C1C(C)(CCCC(=O)CCCC(C)(C(=O)O)c1ccccc1)C(=O)O. The van der Waals surface area contributed by atoms with Crippen LogP contribution in [0.5, 0.6) is 0 Å². The van der Waals surface area contributed by atoms with E-state index in [9.17, 15) is 24.6 Å². The number of carboxylic acid groups (broad SMARTS) is 2. The van der Waals surface area contributed by atoms with Crippen molar-refractivity contribution in [2.45, 2.75) is 71.1 Å². The second kappa shape index (κ2) is 10.6. The molecular weight excluding hydrogens is 392 g/mol. The maximum absolute atomic E-state index is 12.4. The van der Waals surface area contributed by atoms with Crippen LogP contribution < -0.4 is 0 Å². The minimum absolute atomic E-state index is 0.0547. The van der Waals surface area contributed by atoms with E-state index in [-0.39, 0.29) is 11.7 Å². The summed E-state index contributed by atoms with van der Waals surface area (Å²) in [6, 6.07) is 9.09. The van der Waals surface area contributed by atoms with Crippen molar-refractivity contribution in [1.29, 1.82) is 0 Å². The molecule has 0 aromatic heterocycles. The van der Waals surface area contributed by atoms with Crippen LogP contribution in [0.25, 0.3) is 0 Å². The third kappa shape index (κ3) is 5.93. The number of carbonyl (C=O) groups is 3. The molecule has 3 unspecified atom stereocenters. The molecule has 0 saturated heterocycles. The van der Waals surface area contributed by atoms with Gasteiger partial charge in [-0.15, -0.1) is 0 Å². The number of benzene rings is 1. The number of rotatable bonds is 12. The van der Waals surface area contributed by atoms with Gasteiger partial charge in [0.25, 0.3) is 0 Å². The van der Waals surface area contributed by atoms with Crippen LogP contribution in [0.1, 0.15) is 71.3 Å². The predicted molar refractivity (Wildman–Crippen MR) is 121 cm³/mol. The van der Waals surface area contributed by atoms with Gasteiger partial charge in [0.2, 0.25) is 0 Å². The molecule has 1 aromatic rings. The summed E-state index contributed by atoms with van der Waals surface area (Å²) in [5, 5.41) is 19.6. The van der Waals surface area contributed by atoms with E-state index in [4.69, 9.17) is 0 Å². The number of allylic oxidation sites excluding steroid dienone is 3. The standard InChI is InChI=1S/C26H34O5/c1-19-11-7-8-16-22(19)26(3,24(30)31)18-10-15-21(27)14-9-17-25(2,23(28)29)20-12-5-4-6-13-20/h4-8,12-13,16,19H,9-11,14-15,17-18H2,1-3H3,(H,28,29)(H,30,31). The lowest BCUT2D eigenvalue weighted by Gasteiger charge is -2.33. The van der Waals surface area contributed by atoms with Gasteiger partial charge in [-0.2, -0.15) is 0 Å². The topological polar surface area (TPSA) is 91.7 Å². The molecule has 0 heterocycles. The highest BCUT2D eigenvalue weighted by molar-refractivity contribution is 5.82. The minimum Gasteiger partial charge on any atom is -0.481 e. The maximum Gasteiger partial charge on any atom is 0.313 e. The zero-order valence-corrected chi connectivity index (χ0v) is 18.8. The summed E-state index contributed by atoms with van der Waals surface area (Å²) in [5.41, 5.74) is -0.355. The van der Waals surface area contributed by atoms with Crippen LogP contribution in [0.15, 0.2) is 54.1 Å². The fourth-order valence-corrected chi connectivity index (χ4v) is 4.43. The highest BCUT2D eigenvalue weighted by Crippen LogP contribution is 2.40. The second-order valence-corrected chi connectivity index (χ2v) is 9.07. The molecule has 2 N–H and O–H groups in total. The van der Waals surface area contributed by atoms with Gasteiger partial charge in [-0.05, 0) is 57.4 Å². The van der Waals surface area contributed by atoms with Crippen LogP contribution in [-0.2, 0) is 19.8 Å². The van der Waals surface area contributed by atoms with Crippen molar-refractivity contribution < 1.29 is 24.6 Å². The monoisotopic (exact) mass is 426 g/mol. The van der Waals surface area contributed by atoms with E-state index >= 15 is 0 Å². The Hall–Kier alpha value is -2.69. The number of Topliss-reactive ketones (excluding diaryl/α,β-unsaturated/α-hetero) is 1. The summed E-state index contributed by atoms with van der Waals surface area (Å²) >= 11 is 0. The predicted octanol–water partition coefficient (Wildman–Crippen LogP) is 5.55. The lowest BCUT2D eigenvalue weighted by Crippen LogP contribution is -2.33. The van der Waals surface area contributed by atoms with Crippen LogP contribution in [0, 0.1) is 11.3 Å². The van der Waals surface area contributed by atoms with Crippen molar-refractivity contribution in [1.82, 2.24) is 0 Å². The van der Waals surface area contributed by atoms with Gasteiger partial charge in [0.15, 0.2) is 0 Å². The van der Waals surface area contributed by atoms with Crippen molar-refractivity contribution >= 4 is 17.7 Å². The highest BCUT2D eigenvalue weighted by atomic mass is 16.4. The molecule has 0 spiro atoms. The van der Waals surface area contributed by atoms with E-state index in [0.717, 1.165) is 17.6 Å². The van der Waals surface area contributed by atoms with Crippen molar-refractivity contribution in [3.63, 3.8) is 0 Å². The van der Waals surface area contributed by atoms with Crippen molar-refractivity contribution in [2.24, 2.45) is 11.3 Å². The van der Waals surface area contributed by atoms with Crippen LogP contribution in [-0.4, -0.2) is 27.9 Å². The first-order valence-corrected chi connectivity index (χ1v) is 11.0. The Labute approximate surface area is 184 Å². The number of hydrogen-bond donors (Lipinski definition) is 2. The van der Waals surface area contributed by atoms with Gasteiger partial charge in [0.05, 0.1) is 10.8 Å². The average Bonchev–Trinajstić information content (AvgIpc) is 2.74. The third-order valence-electron chi connectivity index (χ3n) is 6.69. The van der Waals surface area contributed by atoms with Crippen molar-refractivity contribution in [3.05, 3.63) is 59.7 Å². The molecule has 0 radical (unpaired) electrons. The van der Waals surface area contributed by atoms with Gasteiger partial charge in [-0.1, -0.05) is 61.1 Å². The summed E-state index contributed by atoms with van der Waals surface area (Å²) in [6.07, 6.45) is 9.09. The molecule has 5 heteroatoms. The van der Waals surface area contributed by atoms with E-state index in [1.807, 2.05) is 43.4 Å².